The van der Waals surface area contributed by atoms with Gasteiger partial charge in [-0.1, -0.05) is 0 Å². The normalized spacial score (nSPS) is 22.4. The van der Waals surface area contributed by atoms with Gasteiger partial charge < -0.3 is 10.1 Å². The zero-order valence-electron chi connectivity index (χ0n) is 8.97. The summed E-state index contributed by atoms with van der Waals surface area (Å²) in [5.74, 6) is -4.75. The van der Waals surface area contributed by atoms with E-state index in [1.807, 2.05) is 0 Å². The fraction of sp³-hybridized carbons (Fsp3) is 0.500. The van der Waals surface area contributed by atoms with Gasteiger partial charge >= 0.3 is 0 Å². The van der Waals surface area contributed by atoms with Crippen molar-refractivity contribution < 1.29 is 26.7 Å². The van der Waals surface area contributed by atoms with E-state index in [0.29, 0.717) is 12.3 Å². The maximum Gasteiger partial charge on any atom is 0.297 e. The summed E-state index contributed by atoms with van der Waals surface area (Å²) in [6, 6.07) is 0.633. The smallest absolute Gasteiger partial charge is 0.297 e. The van der Waals surface area contributed by atoms with E-state index in [4.69, 9.17) is 4.74 Å². The van der Waals surface area contributed by atoms with Crippen LogP contribution in [0.25, 0.3) is 0 Å². The zero-order chi connectivity index (χ0) is 13.3. The molecule has 2 heterocycles. The molecule has 0 aliphatic carbocycles. The Balaban J connectivity index is 2.17. The third-order valence-corrected chi connectivity index (χ3v) is 2.52. The van der Waals surface area contributed by atoms with Gasteiger partial charge in [0.05, 0.1) is 18.3 Å². The van der Waals surface area contributed by atoms with Crippen LogP contribution in [-0.2, 0) is 0 Å². The van der Waals surface area contributed by atoms with Gasteiger partial charge in [-0.2, -0.15) is 0 Å². The van der Waals surface area contributed by atoms with Crippen molar-refractivity contribution in [2.45, 2.75) is 18.5 Å². The Morgan fingerprint density at radius 1 is 1.44 bits per heavy atom. The molecule has 0 amide bonds. The van der Waals surface area contributed by atoms with Gasteiger partial charge in [0.1, 0.15) is 0 Å². The summed E-state index contributed by atoms with van der Waals surface area (Å²) < 4.78 is 68.9. The molecule has 1 fully saturated rings. The minimum absolute atomic E-state index is 0.129. The first kappa shape index (κ1) is 13.0. The first-order chi connectivity index (χ1) is 8.40. The van der Waals surface area contributed by atoms with Gasteiger partial charge in [0.2, 0.25) is 5.88 Å². The number of halogens is 5. The number of rotatable bonds is 3. The van der Waals surface area contributed by atoms with Crippen molar-refractivity contribution in [2.75, 3.05) is 13.1 Å². The standard InChI is InChI=1S/C10H9F5N2O/c11-6-2-17-8(1-5(6)9(12)13)18-7-3-16-4-10(7,14)15/h1-2,7,9,16H,3-4H2. The Hall–Kier alpha value is -1.44. The lowest BCUT2D eigenvalue weighted by atomic mass is 10.2. The number of hydrogen-bond donors (Lipinski definition) is 1. The second-order valence-electron chi connectivity index (χ2n) is 3.84. The topological polar surface area (TPSA) is 34.1 Å². The van der Waals surface area contributed by atoms with Crippen LogP contribution in [0.3, 0.4) is 0 Å². The quantitative estimate of drug-likeness (QED) is 0.853. The Morgan fingerprint density at radius 2 is 2.17 bits per heavy atom. The van der Waals surface area contributed by atoms with Crippen LogP contribution < -0.4 is 10.1 Å². The van der Waals surface area contributed by atoms with E-state index in [-0.39, 0.29) is 6.54 Å². The monoisotopic (exact) mass is 268 g/mol. The summed E-state index contributed by atoms with van der Waals surface area (Å²) in [6.45, 7) is -0.684. The predicted molar refractivity (Wildman–Crippen MR) is 51.4 cm³/mol. The highest BCUT2D eigenvalue weighted by molar-refractivity contribution is 5.23. The molecule has 100 valence electrons. The molecule has 2 rings (SSSR count). The van der Waals surface area contributed by atoms with Crippen LogP contribution in [0, 0.1) is 5.82 Å². The molecule has 3 nitrogen and oxygen atoms in total. The van der Waals surface area contributed by atoms with Gasteiger partial charge in [-0.3, -0.25) is 0 Å². The highest BCUT2D eigenvalue weighted by Gasteiger charge is 2.46. The molecule has 1 N–H and O–H groups in total. The molecule has 0 radical (unpaired) electrons. The van der Waals surface area contributed by atoms with Crippen LogP contribution in [-0.4, -0.2) is 30.1 Å². The van der Waals surface area contributed by atoms with Crippen molar-refractivity contribution in [3.05, 3.63) is 23.6 Å². The van der Waals surface area contributed by atoms with Crippen molar-refractivity contribution in [1.29, 1.82) is 0 Å². The maximum atomic E-state index is 13.2. The van der Waals surface area contributed by atoms with Crippen LogP contribution in [0.15, 0.2) is 12.3 Å². The minimum atomic E-state index is -3.11. The van der Waals surface area contributed by atoms with E-state index in [1.165, 1.54) is 0 Å². The van der Waals surface area contributed by atoms with E-state index in [2.05, 4.69) is 10.3 Å². The molecule has 1 aromatic heterocycles. The highest BCUT2D eigenvalue weighted by Crippen LogP contribution is 2.28. The SMILES string of the molecule is Fc1cnc(OC2CNCC2(F)F)cc1C(F)F. The van der Waals surface area contributed by atoms with Crippen molar-refractivity contribution in [3.8, 4) is 5.88 Å². The summed E-state index contributed by atoms with van der Waals surface area (Å²) in [5.41, 5.74) is -0.922. The molecule has 1 saturated heterocycles. The molecule has 0 bridgehead atoms. The number of pyridine rings is 1. The molecule has 0 aromatic carbocycles. The van der Waals surface area contributed by atoms with E-state index in [0.717, 1.165) is 0 Å². The lowest BCUT2D eigenvalue weighted by Crippen LogP contribution is -2.36. The summed E-state index contributed by atoms with van der Waals surface area (Å²) in [7, 11) is 0. The molecule has 18 heavy (non-hydrogen) atoms. The molecule has 0 saturated carbocycles. The molecular formula is C10H9F5N2O. The third-order valence-electron chi connectivity index (χ3n) is 2.52. The van der Waals surface area contributed by atoms with Gasteiger partial charge in [-0.25, -0.2) is 26.9 Å². The molecule has 1 atom stereocenters. The van der Waals surface area contributed by atoms with Gasteiger partial charge in [0.25, 0.3) is 12.3 Å². The second-order valence-corrected chi connectivity index (χ2v) is 3.84. The Bertz CT molecular complexity index is 440. The van der Waals surface area contributed by atoms with E-state index in [1.54, 1.807) is 0 Å². The number of ether oxygens (including phenoxy) is 1. The first-order valence-electron chi connectivity index (χ1n) is 5.09. The molecule has 0 spiro atoms. The maximum absolute atomic E-state index is 13.2. The third kappa shape index (κ3) is 2.53. The summed E-state index contributed by atoms with van der Waals surface area (Å²) >= 11 is 0. The van der Waals surface area contributed by atoms with Crippen molar-refractivity contribution in [1.82, 2.24) is 10.3 Å². The van der Waals surface area contributed by atoms with Crippen molar-refractivity contribution in [2.24, 2.45) is 0 Å². The average Bonchev–Trinajstić information content (AvgIpc) is 2.60. The second kappa shape index (κ2) is 4.68. The van der Waals surface area contributed by atoms with Crippen LogP contribution >= 0.6 is 0 Å². The molecule has 8 heteroatoms. The predicted octanol–water partition coefficient (Wildman–Crippen LogP) is 2.14. The van der Waals surface area contributed by atoms with E-state index in [9.17, 15) is 22.0 Å². The number of hydrogen-bond acceptors (Lipinski definition) is 3. The lowest BCUT2D eigenvalue weighted by Gasteiger charge is -2.19. The molecule has 1 aliphatic heterocycles. The average molecular weight is 268 g/mol. The molecule has 1 aliphatic rings. The summed E-state index contributed by atoms with van der Waals surface area (Å²) in [4.78, 5) is 3.36. The Morgan fingerprint density at radius 3 is 2.72 bits per heavy atom. The van der Waals surface area contributed by atoms with Crippen LogP contribution in [0.5, 0.6) is 5.88 Å². The largest absolute Gasteiger partial charge is 0.466 e. The van der Waals surface area contributed by atoms with E-state index >= 15 is 0 Å². The summed E-state index contributed by atoms with van der Waals surface area (Å²) in [5, 5.41) is 2.41. The number of nitrogens with one attached hydrogen (secondary N) is 1. The zero-order valence-corrected chi connectivity index (χ0v) is 8.97. The van der Waals surface area contributed by atoms with Crippen LogP contribution in [0.1, 0.15) is 12.0 Å². The Kier molecular flexibility index (Phi) is 3.38. The van der Waals surface area contributed by atoms with Gasteiger partial charge in [0, 0.05) is 12.6 Å². The van der Waals surface area contributed by atoms with Crippen molar-refractivity contribution >= 4 is 0 Å². The highest BCUT2D eigenvalue weighted by atomic mass is 19.3. The first-order valence-corrected chi connectivity index (χ1v) is 5.09. The Labute approximate surface area is 99.0 Å². The minimum Gasteiger partial charge on any atom is -0.466 e. The van der Waals surface area contributed by atoms with Crippen molar-refractivity contribution in [3.63, 3.8) is 0 Å². The van der Waals surface area contributed by atoms with Crippen LogP contribution in [0.2, 0.25) is 0 Å². The van der Waals surface area contributed by atoms with Crippen LogP contribution in [0.4, 0.5) is 22.0 Å². The molecule has 1 aromatic rings. The van der Waals surface area contributed by atoms with Gasteiger partial charge in [-0.05, 0) is 0 Å². The fourth-order valence-corrected chi connectivity index (χ4v) is 1.57. The lowest BCUT2D eigenvalue weighted by molar-refractivity contribution is -0.0613. The fourth-order valence-electron chi connectivity index (χ4n) is 1.57. The van der Waals surface area contributed by atoms with Gasteiger partial charge in [-0.15, -0.1) is 0 Å². The number of nitrogens with zero attached hydrogens (tertiary/aromatic N) is 1. The van der Waals surface area contributed by atoms with E-state index < -0.39 is 42.3 Å². The number of alkyl halides is 4. The molecule has 1 unspecified atom stereocenters. The van der Waals surface area contributed by atoms with Gasteiger partial charge in [0.15, 0.2) is 11.9 Å². The summed E-state index contributed by atoms with van der Waals surface area (Å²) in [6.07, 6.45) is -4.03. The number of aromatic nitrogens is 1. The molecular weight excluding hydrogens is 259 g/mol.